The molecule has 4 nitrogen and oxygen atoms in total. The number of nitrogens with one attached hydrogen (secondary N) is 2. The first-order chi connectivity index (χ1) is 10.3. The molecule has 0 amide bonds. The minimum absolute atomic E-state index is 0.0738. The van der Waals surface area contributed by atoms with E-state index in [1.807, 2.05) is 26.0 Å². The minimum Gasteiger partial charge on any atom is -0.386 e. The van der Waals surface area contributed by atoms with Gasteiger partial charge >= 0.3 is 6.18 Å². The summed E-state index contributed by atoms with van der Waals surface area (Å²) in [6, 6.07) is 7.38. The normalized spacial score (nSPS) is 13.8. The number of nitrogens with zero attached hydrogens (tertiary/aromatic N) is 1. The van der Waals surface area contributed by atoms with E-state index >= 15 is 0 Å². The number of aliphatic imine (C=N–C) groups is 1. The molecule has 7 heteroatoms. The molecule has 0 heterocycles. The second-order valence-electron chi connectivity index (χ2n) is 4.94. The standard InChI is InChI=1S/C15H22F3N3O/c1-3-19-14(20-9-8-15(16,17)18)21-10-13(22)12-6-4-11(2)5-7-12/h4-7,13,22H,3,8-10H2,1-2H3,(H2,19,20,21). The Morgan fingerprint density at radius 2 is 1.86 bits per heavy atom. The van der Waals surface area contributed by atoms with E-state index < -0.39 is 18.7 Å². The van der Waals surface area contributed by atoms with Crippen LogP contribution < -0.4 is 10.6 Å². The summed E-state index contributed by atoms with van der Waals surface area (Å²) in [5.41, 5.74) is 1.81. The molecule has 124 valence electrons. The molecule has 1 rings (SSSR count). The molecule has 0 aromatic heterocycles. The molecule has 1 aromatic rings. The van der Waals surface area contributed by atoms with Crippen LogP contribution in [0.4, 0.5) is 13.2 Å². The molecule has 3 N–H and O–H groups in total. The van der Waals surface area contributed by atoms with Gasteiger partial charge in [-0.2, -0.15) is 13.2 Å². The summed E-state index contributed by atoms with van der Waals surface area (Å²) in [5.74, 6) is 0.262. The summed E-state index contributed by atoms with van der Waals surface area (Å²) in [7, 11) is 0. The molecule has 0 fully saturated rings. The third-order valence-electron chi connectivity index (χ3n) is 2.93. The van der Waals surface area contributed by atoms with Gasteiger partial charge in [-0.15, -0.1) is 0 Å². The lowest BCUT2D eigenvalue weighted by Crippen LogP contribution is -2.39. The Morgan fingerprint density at radius 1 is 1.23 bits per heavy atom. The van der Waals surface area contributed by atoms with Crippen LogP contribution in [0.25, 0.3) is 0 Å². The van der Waals surface area contributed by atoms with Gasteiger partial charge in [-0.3, -0.25) is 4.99 Å². The van der Waals surface area contributed by atoms with Crippen LogP contribution in [0.2, 0.25) is 0 Å². The highest BCUT2D eigenvalue weighted by Gasteiger charge is 2.26. The fraction of sp³-hybridized carbons (Fsp3) is 0.533. The highest BCUT2D eigenvalue weighted by atomic mass is 19.4. The summed E-state index contributed by atoms with van der Waals surface area (Å²) < 4.78 is 36.4. The van der Waals surface area contributed by atoms with E-state index in [2.05, 4.69) is 15.6 Å². The molecule has 0 radical (unpaired) electrons. The van der Waals surface area contributed by atoms with E-state index in [1.165, 1.54) is 0 Å². The van der Waals surface area contributed by atoms with Crippen LogP contribution in [-0.4, -0.2) is 36.9 Å². The predicted molar refractivity (Wildman–Crippen MR) is 80.8 cm³/mol. The lowest BCUT2D eigenvalue weighted by Gasteiger charge is -2.14. The number of rotatable bonds is 6. The van der Waals surface area contributed by atoms with Gasteiger partial charge in [0.05, 0.1) is 19.1 Å². The average molecular weight is 317 g/mol. The van der Waals surface area contributed by atoms with Crippen molar-refractivity contribution in [3.63, 3.8) is 0 Å². The third kappa shape index (κ3) is 7.31. The zero-order valence-corrected chi connectivity index (χ0v) is 12.7. The first kappa shape index (κ1) is 18.3. The number of aliphatic hydroxyl groups is 1. The zero-order chi connectivity index (χ0) is 16.6. The molecule has 0 bridgehead atoms. The third-order valence-corrected chi connectivity index (χ3v) is 2.93. The van der Waals surface area contributed by atoms with Crippen LogP contribution in [0.1, 0.15) is 30.6 Å². The quantitative estimate of drug-likeness (QED) is 0.558. The van der Waals surface area contributed by atoms with Gasteiger partial charge in [0.1, 0.15) is 0 Å². The minimum atomic E-state index is -4.20. The van der Waals surface area contributed by atoms with Gasteiger partial charge in [-0.25, -0.2) is 0 Å². The molecule has 0 spiro atoms. The van der Waals surface area contributed by atoms with E-state index in [-0.39, 0.29) is 19.0 Å². The van der Waals surface area contributed by atoms with Crippen LogP contribution in [-0.2, 0) is 0 Å². The topological polar surface area (TPSA) is 56.7 Å². The number of alkyl halides is 3. The zero-order valence-electron chi connectivity index (χ0n) is 12.7. The molecule has 1 unspecified atom stereocenters. The molecular formula is C15H22F3N3O. The Balaban J connectivity index is 2.55. The molecule has 1 aromatic carbocycles. The highest BCUT2D eigenvalue weighted by molar-refractivity contribution is 5.79. The fourth-order valence-corrected chi connectivity index (χ4v) is 1.74. The van der Waals surface area contributed by atoms with Crippen molar-refractivity contribution in [3.8, 4) is 0 Å². The number of halogens is 3. The van der Waals surface area contributed by atoms with Crippen molar-refractivity contribution in [2.45, 2.75) is 32.5 Å². The fourth-order valence-electron chi connectivity index (χ4n) is 1.74. The van der Waals surface area contributed by atoms with Crippen molar-refractivity contribution in [1.29, 1.82) is 0 Å². The van der Waals surface area contributed by atoms with Crippen molar-refractivity contribution in [1.82, 2.24) is 10.6 Å². The Hall–Kier alpha value is -1.76. The van der Waals surface area contributed by atoms with Crippen molar-refractivity contribution < 1.29 is 18.3 Å². The highest BCUT2D eigenvalue weighted by Crippen LogP contribution is 2.18. The van der Waals surface area contributed by atoms with Crippen molar-refractivity contribution >= 4 is 5.96 Å². The van der Waals surface area contributed by atoms with Gasteiger partial charge in [0.15, 0.2) is 5.96 Å². The first-order valence-electron chi connectivity index (χ1n) is 7.15. The summed E-state index contributed by atoms with van der Waals surface area (Å²) >= 11 is 0. The van der Waals surface area contributed by atoms with Gasteiger partial charge < -0.3 is 15.7 Å². The van der Waals surface area contributed by atoms with Gasteiger partial charge in [0, 0.05) is 13.1 Å². The number of hydrogen-bond acceptors (Lipinski definition) is 2. The molecule has 1 atom stereocenters. The van der Waals surface area contributed by atoms with Crippen LogP contribution in [0.3, 0.4) is 0 Å². The van der Waals surface area contributed by atoms with E-state index in [0.717, 1.165) is 11.1 Å². The van der Waals surface area contributed by atoms with Crippen LogP contribution in [0.15, 0.2) is 29.3 Å². The Kier molecular flexibility index (Phi) is 7.17. The van der Waals surface area contributed by atoms with Crippen molar-refractivity contribution in [2.75, 3.05) is 19.6 Å². The Bertz CT molecular complexity index is 472. The van der Waals surface area contributed by atoms with E-state index in [0.29, 0.717) is 6.54 Å². The largest absolute Gasteiger partial charge is 0.390 e. The van der Waals surface area contributed by atoms with Crippen molar-refractivity contribution in [3.05, 3.63) is 35.4 Å². The molecule has 0 saturated carbocycles. The summed E-state index contributed by atoms with van der Waals surface area (Å²) in [6.07, 6.45) is -5.93. The summed E-state index contributed by atoms with van der Waals surface area (Å²) in [4.78, 5) is 4.11. The number of aliphatic hydroxyl groups excluding tert-OH is 1. The van der Waals surface area contributed by atoms with Crippen LogP contribution >= 0.6 is 0 Å². The lowest BCUT2D eigenvalue weighted by molar-refractivity contribution is -0.132. The second kappa shape index (κ2) is 8.63. The molecule has 22 heavy (non-hydrogen) atoms. The SMILES string of the molecule is CCNC(=NCC(O)c1ccc(C)cc1)NCCC(F)(F)F. The molecule has 0 saturated heterocycles. The molecule has 0 aliphatic heterocycles. The number of guanidine groups is 1. The van der Waals surface area contributed by atoms with Gasteiger partial charge in [-0.05, 0) is 19.4 Å². The number of benzene rings is 1. The maximum Gasteiger partial charge on any atom is 0.390 e. The molecule has 0 aliphatic rings. The lowest BCUT2D eigenvalue weighted by atomic mass is 10.1. The maximum atomic E-state index is 12.1. The second-order valence-corrected chi connectivity index (χ2v) is 4.94. The van der Waals surface area contributed by atoms with Crippen LogP contribution in [0.5, 0.6) is 0 Å². The van der Waals surface area contributed by atoms with E-state index in [9.17, 15) is 18.3 Å². The Labute approximate surface area is 128 Å². The number of aryl methyl sites for hydroxylation is 1. The van der Waals surface area contributed by atoms with E-state index in [4.69, 9.17) is 0 Å². The Morgan fingerprint density at radius 3 is 2.41 bits per heavy atom. The van der Waals surface area contributed by atoms with E-state index in [1.54, 1.807) is 12.1 Å². The predicted octanol–water partition coefficient (Wildman–Crippen LogP) is 2.54. The smallest absolute Gasteiger partial charge is 0.386 e. The number of hydrogen-bond donors (Lipinski definition) is 3. The van der Waals surface area contributed by atoms with Crippen molar-refractivity contribution in [2.24, 2.45) is 4.99 Å². The monoisotopic (exact) mass is 317 g/mol. The van der Waals surface area contributed by atoms with Crippen LogP contribution in [0, 0.1) is 6.92 Å². The molecule has 0 aliphatic carbocycles. The first-order valence-corrected chi connectivity index (χ1v) is 7.15. The van der Waals surface area contributed by atoms with Gasteiger partial charge in [0.25, 0.3) is 0 Å². The maximum absolute atomic E-state index is 12.1. The summed E-state index contributed by atoms with van der Waals surface area (Å²) in [6.45, 7) is 4.11. The average Bonchev–Trinajstić information content (AvgIpc) is 2.44. The summed E-state index contributed by atoms with van der Waals surface area (Å²) in [5, 5.41) is 15.5. The van der Waals surface area contributed by atoms with Gasteiger partial charge in [-0.1, -0.05) is 29.8 Å². The molecular weight excluding hydrogens is 295 g/mol. The van der Waals surface area contributed by atoms with Gasteiger partial charge in [0.2, 0.25) is 0 Å².